The number of hydrogen-bond donors (Lipinski definition) is 3. The maximum atomic E-state index is 13.0. The van der Waals surface area contributed by atoms with E-state index in [1.165, 1.54) is 14.2 Å². The van der Waals surface area contributed by atoms with Crippen LogP contribution in [0.25, 0.3) is 0 Å². The van der Waals surface area contributed by atoms with Crippen LogP contribution in [0.1, 0.15) is 55.6 Å². The summed E-state index contributed by atoms with van der Waals surface area (Å²) in [5.74, 6) is 0.355. The largest absolute Gasteiger partial charge is 0.497 e. The highest BCUT2D eigenvalue weighted by molar-refractivity contribution is 5.98. The number of carbonyl (C=O) groups is 3. The maximum absolute atomic E-state index is 13.0. The zero-order valence-electron chi connectivity index (χ0n) is 20.3. The Balaban J connectivity index is 1.64. The molecule has 34 heavy (non-hydrogen) atoms. The number of carbonyl (C=O) groups excluding carboxylic acids is 3. The Morgan fingerprint density at radius 2 is 1.47 bits per heavy atom. The molecule has 1 aliphatic carbocycles. The van der Waals surface area contributed by atoms with Gasteiger partial charge in [-0.3, -0.25) is 14.4 Å². The van der Waals surface area contributed by atoms with Crippen molar-refractivity contribution in [2.45, 2.75) is 45.7 Å². The Labute approximate surface area is 200 Å². The van der Waals surface area contributed by atoms with Gasteiger partial charge >= 0.3 is 0 Å². The highest BCUT2D eigenvalue weighted by atomic mass is 16.5. The molecule has 2 atom stereocenters. The molecule has 0 heterocycles. The minimum absolute atomic E-state index is 0.0540. The number of anilines is 1. The lowest BCUT2D eigenvalue weighted by Gasteiger charge is -2.24. The molecular weight excluding hydrogens is 434 g/mol. The van der Waals surface area contributed by atoms with E-state index in [1.807, 2.05) is 45.0 Å². The molecule has 0 spiro atoms. The fourth-order valence-electron chi connectivity index (χ4n) is 3.53. The van der Waals surface area contributed by atoms with Gasteiger partial charge in [-0.2, -0.15) is 0 Å². The maximum Gasteiger partial charge on any atom is 0.252 e. The summed E-state index contributed by atoms with van der Waals surface area (Å²) in [6.45, 7) is 5.62. The van der Waals surface area contributed by atoms with Crippen molar-refractivity contribution < 1.29 is 23.9 Å². The van der Waals surface area contributed by atoms with Crippen molar-refractivity contribution in [1.82, 2.24) is 10.6 Å². The smallest absolute Gasteiger partial charge is 0.252 e. The van der Waals surface area contributed by atoms with Crippen LogP contribution in [0.3, 0.4) is 0 Å². The summed E-state index contributed by atoms with van der Waals surface area (Å²) in [4.78, 5) is 37.9. The summed E-state index contributed by atoms with van der Waals surface area (Å²) in [5.41, 5.74) is 1.97. The first-order valence-corrected chi connectivity index (χ1v) is 11.5. The predicted octanol–water partition coefficient (Wildman–Crippen LogP) is 3.68. The molecule has 3 N–H and O–H groups in total. The van der Waals surface area contributed by atoms with Crippen molar-refractivity contribution in [3.8, 4) is 11.5 Å². The normalized spacial score (nSPS) is 14.6. The average Bonchev–Trinajstić information content (AvgIpc) is 3.67. The predicted molar refractivity (Wildman–Crippen MR) is 130 cm³/mol. The molecule has 8 heteroatoms. The van der Waals surface area contributed by atoms with E-state index in [0.29, 0.717) is 17.1 Å². The lowest BCUT2D eigenvalue weighted by Crippen LogP contribution is -2.50. The zero-order chi connectivity index (χ0) is 24.8. The molecule has 2 unspecified atom stereocenters. The van der Waals surface area contributed by atoms with Crippen molar-refractivity contribution in [2.24, 2.45) is 11.8 Å². The molecule has 1 saturated carbocycles. The molecule has 0 aromatic heterocycles. The van der Waals surface area contributed by atoms with Crippen LogP contribution in [0.15, 0.2) is 42.5 Å². The van der Waals surface area contributed by atoms with Crippen LogP contribution in [0.2, 0.25) is 0 Å². The summed E-state index contributed by atoms with van der Waals surface area (Å²) >= 11 is 0. The van der Waals surface area contributed by atoms with Crippen LogP contribution in [0.4, 0.5) is 5.69 Å². The molecule has 1 aliphatic rings. The molecule has 3 rings (SSSR count). The number of nitrogens with one attached hydrogen (secondary N) is 3. The van der Waals surface area contributed by atoms with Gasteiger partial charge in [0, 0.05) is 23.2 Å². The molecule has 182 valence electrons. The Bertz CT molecular complexity index is 1010. The first-order valence-electron chi connectivity index (χ1n) is 11.5. The minimum atomic E-state index is -0.732. The minimum Gasteiger partial charge on any atom is -0.497 e. The fraction of sp³-hybridized carbons (Fsp3) is 0.423. The lowest BCUT2D eigenvalue weighted by molar-refractivity contribution is -0.124. The Hall–Kier alpha value is -3.55. The van der Waals surface area contributed by atoms with Crippen LogP contribution in [0, 0.1) is 11.8 Å². The van der Waals surface area contributed by atoms with Gasteiger partial charge in [0.2, 0.25) is 11.8 Å². The van der Waals surface area contributed by atoms with Gasteiger partial charge in [-0.1, -0.05) is 26.0 Å². The van der Waals surface area contributed by atoms with Crippen LogP contribution in [-0.4, -0.2) is 38.0 Å². The molecular formula is C26H33N3O5. The van der Waals surface area contributed by atoms with Gasteiger partial charge in [0.05, 0.1) is 20.3 Å². The lowest BCUT2D eigenvalue weighted by atomic mass is 10.0. The number of benzene rings is 2. The van der Waals surface area contributed by atoms with Crippen LogP contribution >= 0.6 is 0 Å². The van der Waals surface area contributed by atoms with Crippen molar-refractivity contribution in [2.75, 3.05) is 19.5 Å². The van der Waals surface area contributed by atoms with Gasteiger partial charge in [0.15, 0.2) is 0 Å². The standard InChI is InChI=1S/C26H33N3O5/c1-15(2)23(29-25(31)19-12-21(33-4)14-22(13-19)34-5)26(32)27-16(3)17-8-10-20(11-9-17)28-24(30)18-6-7-18/h8-16,18,23H,6-7H2,1-5H3,(H,27,32)(H,28,30)(H,29,31). The average molecular weight is 468 g/mol. The first kappa shape index (κ1) is 25.1. The first-order chi connectivity index (χ1) is 16.2. The second-order valence-electron chi connectivity index (χ2n) is 8.91. The third-order valence-corrected chi connectivity index (χ3v) is 5.83. The molecule has 8 nitrogen and oxygen atoms in total. The van der Waals surface area contributed by atoms with Crippen molar-refractivity contribution in [3.05, 3.63) is 53.6 Å². The summed E-state index contributed by atoms with van der Waals surface area (Å²) in [7, 11) is 3.02. The molecule has 0 radical (unpaired) electrons. The van der Waals surface area contributed by atoms with Gasteiger partial charge in [0.1, 0.15) is 17.5 Å². The number of ether oxygens (including phenoxy) is 2. The highest BCUT2D eigenvalue weighted by Gasteiger charge is 2.29. The second kappa shape index (κ2) is 11.0. The molecule has 0 bridgehead atoms. The third-order valence-electron chi connectivity index (χ3n) is 5.83. The summed E-state index contributed by atoms with van der Waals surface area (Å²) < 4.78 is 10.5. The summed E-state index contributed by atoms with van der Waals surface area (Å²) in [6.07, 6.45) is 1.90. The van der Waals surface area contributed by atoms with Gasteiger partial charge in [-0.05, 0) is 55.5 Å². The highest BCUT2D eigenvalue weighted by Crippen LogP contribution is 2.30. The molecule has 1 fully saturated rings. The van der Waals surface area contributed by atoms with E-state index in [2.05, 4.69) is 16.0 Å². The van der Waals surface area contributed by atoms with E-state index in [-0.39, 0.29) is 29.7 Å². The monoisotopic (exact) mass is 467 g/mol. The SMILES string of the molecule is COc1cc(OC)cc(C(=O)NC(C(=O)NC(C)c2ccc(NC(=O)C3CC3)cc2)C(C)C)c1. The number of rotatable bonds is 10. The Kier molecular flexibility index (Phi) is 8.15. The van der Waals surface area contributed by atoms with Crippen LogP contribution in [-0.2, 0) is 9.59 Å². The number of amides is 3. The molecule has 3 amide bonds. The van der Waals surface area contributed by atoms with Gasteiger partial charge in [-0.15, -0.1) is 0 Å². The van der Waals surface area contributed by atoms with Gasteiger partial charge in [-0.25, -0.2) is 0 Å². The molecule has 0 aliphatic heterocycles. The van der Waals surface area contributed by atoms with E-state index in [4.69, 9.17) is 9.47 Å². The van der Waals surface area contributed by atoms with E-state index in [0.717, 1.165) is 24.1 Å². The van der Waals surface area contributed by atoms with Crippen molar-refractivity contribution in [1.29, 1.82) is 0 Å². The van der Waals surface area contributed by atoms with Crippen molar-refractivity contribution >= 4 is 23.4 Å². The molecule has 0 saturated heterocycles. The summed E-state index contributed by atoms with van der Waals surface area (Å²) in [6, 6.07) is 11.3. The van der Waals surface area contributed by atoms with E-state index in [9.17, 15) is 14.4 Å². The van der Waals surface area contributed by atoms with Gasteiger partial charge in [0.25, 0.3) is 5.91 Å². The van der Waals surface area contributed by atoms with Gasteiger partial charge < -0.3 is 25.4 Å². The van der Waals surface area contributed by atoms with Crippen LogP contribution in [0.5, 0.6) is 11.5 Å². The van der Waals surface area contributed by atoms with E-state index in [1.54, 1.807) is 18.2 Å². The topological polar surface area (TPSA) is 106 Å². The van der Waals surface area contributed by atoms with Crippen LogP contribution < -0.4 is 25.4 Å². The molecule has 2 aromatic rings. The summed E-state index contributed by atoms with van der Waals surface area (Å²) in [5, 5.41) is 8.71. The second-order valence-corrected chi connectivity index (χ2v) is 8.91. The van der Waals surface area contributed by atoms with E-state index < -0.39 is 11.9 Å². The van der Waals surface area contributed by atoms with Crippen molar-refractivity contribution in [3.63, 3.8) is 0 Å². The quantitative estimate of drug-likeness (QED) is 0.494. The third kappa shape index (κ3) is 6.50. The Morgan fingerprint density at radius 3 is 1.97 bits per heavy atom. The van der Waals surface area contributed by atoms with E-state index >= 15 is 0 Å². The number of hydrogen-bond acceptors (Lipinski definition) is 5. The fourth-order valence-corrected chi connectivity index (χ4v) is 3.53. The zero-order valence-corrected chi connectivity index (χ0v) is 20.3. The molecule has 2 aromatic carbocycles. The number of methoxy groups -OCH3 is 2. The Morgan fingerprint density at radius 1 is 0.882 bits per heavy atom.